The lowest BCUT2D eigenvalue weighted by molar-refractivity contribution is -0.144. The van der Waals surface area contributed by atoms with Crippen LogP contribution in [0, 0.1) is 17.8 Å². The van der Waals surface area contributed by atoms with Crippen LogP contribution in [0.15, 0.2) is 0 Å². The fraction of sp³-hybridized carbons (Fsp3) is 0.962. The summed E-state index contributed by atoms with van der Waals surface area (Å²) in [6, 6.07) is 0. The van der Waals surface area contributed by atoms with E-state index in [0.717, 1.165) is 25.9 Å². The van der Waals surface area contributed by atoms with Crippen molar-refractivity contribution < 1.29 is 14.3 Å². The van der Waals surface area contributed by atoms with Crippen LogP contribution in [0.25, 0.3) is 0 Å². The Morgan fingerprint density at radius 2 is 1.41 bits per heavy atom. The molecule has 1 saturated heterocycles. The molecule has 0 spiro atoms. The van der Waals surface area contributed by atoms with Crippen LogP contribution < -0.4 is 0 Å². The van der Waals surface area contributed by atoms with Gasteiger partial charge in [-0.1, -0.05) is 105 Å². The van der Waals surface area contributed by atoms with Crippen molar-refractivity contribution in [2.75, 3.05) is 13.2 Å². The number of hydrogen-bond acceptors (Lipinski definition) is 3. The lowest BCUT2D eigenvalue weighted by Crippen LogP contribution is -2.25. The van der Waals surface area contributed by atoms with Crippen LogP contribution in [0.4, 0.5) is 0 Å². The molecule has 0 N–H and O–H groups in total. The first-order valence-electron chi connectivity index (χ1n) is 12.8. The molecule has 0 radical (unpaired) electrons. The van der Waals surface area contributed by atoms with Crippen LogP contribution in [-0.2, 0) is 14.3 Å². The Hall–Kier alpha value is -0.570. The molecule has 0 aliphatic carbocycles. The molecule has 1 rings (SSSR count). The Bertz CT molecular complexity index is 395. The summed E-state index contributed by atoms with van der Waals surface area (Å²) in [5.41, 5.74) is 0. The Balaban J connectivity index is 1.85. The predicted octanol–water partition coefficient (Wildman–Crippen LogP) is 7.71. The molecule has 4 atom stereocenters. The van der Waals surface area contributed by atoms with Crippen LogP contribution in [0.2, 0.25) is 0 Å². The zero-order valence-corrected chi connectivity index (χ0v) is 20.1. The number of carbonyl (C=O) groups excluding carboxylic acids is 1. The zero-order valence-electron chi connectivity index (χ0n) is 20.1. The topological polar surface area (TPSA) is 35.5 Å². The molecule has 0 bridgehead atoms. The van der Waals surface area contributed by atoms with Crippen molar-refractivity contribution in [1.29, 1.82) is 0 Å². The fourth-order valence-corrected chi connectivity index (χ4v) is 4.45. The van der Waals surface area contributed by atoms with Crippen LogP contribution in [-0.4, -0.2) is 25.3 Å². The first-order valence-corrected chi connectivity index (χ1v) is 12.8. The zero-order chi connectivity index (χ0) is 21.3. The van der Waals surface area contributed by atoms with E-state index < -0.39 is 0 Å². The van der Waals surface area contributed by atoms with Gasteiger partial charge in [-0.05, 0) is 30.6 Å². The number of rotatable bonds is 18. The second kappa shape index (κ2) is 17.1. The average molecular weight is 411 g/mol. The molecule has 0 aromatic heterocycles. The van der Waals surface area contributed by atoms with E-state index in [1.54, 1.807) is 0 Å². The van der Waals surface area contributed by atoms with E-state index in [1.807, 2.05) is 0 Å². The van der Waals surface area contributed by atoms with Crippen molar-refractivity contribution >= 4 is 5.97 Å². The van der Waals surface area contributed by atoms with E-state index in [-0.39, 0.29) is 5.97 Å². The van der Waals surface area contributed by atoms with Gasteiger partial charge in [-0.25, -0.2) is 0 Å². The van der Waals surface area contributed by atoms with E-state index in [9.17, 15) is 4.79 Å². The van der Waals surface area contributed by atoms with E-state index in [2.05, 4.69) is 27.7 Å². The van der Waals surface area contributed by atoms with Gasteiger partial charge >= 0.3 is 5.97 Å². The fourth-order valence-electron chi connectivity index (χ4n) is 4.45. The molecule has 1 aliphatic heterocycles. The van der Waals surface area contributed by atoms with Crippen molar-refractivity contribution in [2.24, 2.45) is 17.8 Å². The largest absolute Gasteiger partial charge is 0.466 e. The smallest absolute Gasteiger partial charge is 0.305 e. The molecular weight excluding hydrogens is 360 g/mol. The van der Waals surface area contributed by atoms with Gasteiger partial charge in [0.1, 0.15) is 0 Å². The Kier molecular flexibility index (Phi) is 15.6. The molecule has 3 nitrogen and oxygen atoms in total. The Labute approximate surface area is 181 Å². The third kappa shape index (κ3) is 12.7. The molecule has 0 saturated carbocycles. The molecule has 29 heavy (non-hydrogen) atoms. The molecule has 1 aliphatic rings. The summed E-state index contributed by atoms with van der Waals surface area (Å²) in [7, 11) is 0. The van der Waals surface area contributed by atoms with Gasteiger partial charge in [0.2, 0.25) is 0 Å². The highest BCUT2D eigenvalue weighted by atomic mass is 16.5. The molecule has 0 aromatic rings. The van der Waals surface area contributed by atoms with Gasteiger partial charge in [-0.15, -0.1) is 0 Å². The summed E-state index contributed by atoms with van der Waals surface area (Å²) in [5.74, 6) is 1.68. The van der Waals surface area contributed by atoms with Gasteiger partial charge in [0.25, 0.3) is 0 Å². The summed E-state index contributed by atoms with van der Waals surface area (Å²) in [6.07, 6.45) is 19.1. The SMILES string of the molecule is CCCCCCCCCCCCCCCC(=O)OCCC(C)C1OCC(C)[C@@H]1C. The first kappa shape index (κ1) is 26.5. The lowest BCUT2D eigenvalue weighted by Gasteiger charge is -2.23. The van der Waals surface area contributed by atoms with Gasteiger partial charge < -0.3 is 9.47 Å². The number of unbranched alkanes of at least 4 members (excludes halogenated alkanes) is 12. The predicted molar refractivity (Wildman–Crippen MR) is 123 cm³/mol. The van der Waals surface area contributed by atoms with Crippen molar-refractivity contribution in [2.45, 2.75) is 130 Å². The van der Waals surface area contributed by atoms with Crippen LogP contribution in [0.5, 0.6) is 0 Å². The maximum Gasteiger partial charge on any atom is 0.305 e. The van der Waals surface area contributed by atoms with E-state index >= 15 is 0 Å². The summed E-state index contributed by atoms with van der Waals surface area (Å²) in [4.78, 5) is 11.9. The maximum absolute atomic E-state index is 11.9. The first-order chi connectivity index (χ1) is 14.1. The third-order valence-corrected chi connectivity index (χ3v) is 6.85. The second-order valence-corrected chi connectivity index (χ2v) is 9.61. The van der Waals surface area contributed by atoms with Gasteiger partial charge in [-0.3, -0.25) is 4.79 Å². The molecule has 0 amide bonds. The van der Waals surface area contributed by atoms with E-state index in [1.165, 1.54) is 70.6 Å². The van der Waals surface area contributed by atoms with Gasteiger partial charge in [0, 0.05) is 13.0 Å². The molecular formula is C26H50O3. The summed E-state index contributed by atoms with van der Waals surface area (Å²) in [6.45, 7) is 10.4. The van der Waals surface area contributed by atoms with Crippen molar-refractivity contribution in [1.82, 2.24) is 0 Å². The lowest BCUT2D eigenvalue weighted by atomic mass is 9.86. The second-order valence-electron chi connectivity index (χ2n) is 9.61. The molecule has 1 fully saturated rings. The third-order valence-electron chi connectivity index (χ3n) is 6.85. The molecule has 1 heterocycles. The highest BCUT2D eigenvalue weighted by Gasteiger charge is 2.34. The van der Waals surface area contributed by atoms with Crippen LogP contribution >= 0.6 is 0 Å². The molecule has 0 aromatic carbocycles. The minimum Gasteiger partial charge on any atom is -0.466 e. The number of esters is 1. The molecule has 172 valence electrons. The van der Waals surface area contributed by atoms with Crippen LogP contribution in [0.1, 0.15) is 124 Å². The minimum atomic E-state index is -0.0194. The maximum atomic E-state index is 11.9. The van der Waals surface area contributed by atoms with Crippen molar-refractivity contribution in [3.8, 4) is 0 Å². The van der Waals surface area contributed by atoms with Crippen molar-refractivity contribution in [3.63, 3.8) is 0 Å². The Morgan fingerprint density at radius 1 is 0.897 bits per heavy atom. The van der Waals surface area contributed by atoms with Gasteiger partial charge in [-0.2, -0.15) is 0 Å². The molecule has 3 unspecified atom stereocenters. The van der Waals surface area contributed by atoms with Crippen LogP contribution in [0.3, 0.4) is 0 Å². The summed E-state index contributed by atoms with van der Waals surface area (Å²) < 4.78 is 11.4. The quantitative estimate of drug-likeness (QED) is 0.171. The standard InChI is InChI=1S/C26H50O3/c1-5-6-7-8-9-10-11-12-13-14-15-16-17-18-25(27)28-20-19-22(2)26-24(4)23(3)21-29-26/h22-24,26H,5-21H2,1-4H3/t22?,23?,24-,26?/m0/s1. The van der Waals surface area contributed by atoms with E-state index in [4.69, 9.17) is 9.47 Å². The van der Waals surface area contributed by atoms with Gasteiger partial charge in [0.05, 0.1) is 12.7 Å². The highest BCUT2D eigenvalue weighted by Crippen LogP contribution is 2.32. The molecule has 3 heteroatoms. The van der Waals surface area contributed by atoms with E-state index in [0.29, 0.717) is 36.9 Å². The number of ether oxygens (including phenoxy) is 2. The summed E-state index contributed by atoms with van der Waals surface area (Å²) in [5, 5.41) is 0. The summed E-state index contributed by atoms with van der Waals surface area (Å²) >= 11 is 0. The number of carbonyl (C=O) groups is 1. The Morgan fingerprint density at radius 3 is 1.90 bits per heavy atom. The average Bonchev–Trinajstić information content (AvgIpc) is 3.04. The van der Waals surface area contributed by atoms with Crippen molar-refractivity contribution in [3.05, 3.63) is 0 Å². The highest BCUT2D eigenvalue weighted by molar-refractivity contribution is 5.69. The normalized spacial score (nSPS) is 22.7. The minimum absolute atomic E-state index is 0.0194. The monoisotopic (exact) mass is 410 g/mol. The number of hydrogen-bond donors (Lipinski definition) is 0. The van der Waals surface area contributed by atoms with Gasteiger partial charge in [0.15, 0.2) is 0 Å².